The van der Waals surface area contributed by atoms with E-state index in [2.05, 4.69) is 10.3 Å². The first-order chi connectivity index (χ1) is 8.04. The second-order valence-electron chi connectivity index (χ2n) is 3.92. The molecule has 17 heavy (non-hydrogen) atoms. The molecule has 0 saturated heterocycles. The van der Waals surface area contributed by atoms with Crippen LogP contribution in [0, 0.1) is 20.8 Å². The van der Waals surface area contributed by atoms with Crippen LogP contribution in [0.1, 0.15) is 23.9 Å². The maximum absolute atomic E-state index is 11.6. The molecule has 3 nitrogen and oxygen atoms in total. The predicted molar refractivity (Wildman–Crippen MR) is 71.0 cm³/mol. The average Bonchev–Trinajstić information content (AvgIpc) is 2.24. The van der Waals surface area contributed by atoms with Crippen molar-refractivity contribution in [1.29, 1.82) is 0 Å². The Balaban J connectivity index is 2.85. The Kier molecular flexibility index (Phi) is 4.64. The summed E-state index contributed by atoms with van der Waals surface area (Å²) in [5.74, 6) is -0.139. The number of allylic oxidation sites excluding steroid dienone is 3. The number of amides is 1. The van der Waals surface area contributed by atoms with Crippen LogP contribution in [0.3, 0.4) is 0 Å². The average molecular weight is 230 g/mol. The number of aryl methyl sites for hydroxylation is 3. The van der Waals surface area contributed by atoms with E-state index in [0.29, 0.717) is 0 Å². The van der Waals surface area contributed by atoms with Gasteiger partial charge in [-0.1, -0.05) is 18.2 Å². The molecule has 0 aromatic carbocycles. The van der Waals surface area contributed by atoms with Crippen molar-refractivity contribution >= 4 is 11.6 Å². The van der Waals surface area contributed by atoms with Gasteiger partial charge in [-0.05, 0) is 39.3 Å². The minimum Gasteiger partial charge on any atom is -0.321 e. The summed E-state index contributed by atoms with van der Waals surface area (Å²) >= 11 is 0. The molecule has 0 radical (unpaired) electrons. The third-order valence-electron chi connectivity index (χ3n) is 2.32. The normalized spacial score (nSPS) is 11.3. The number of nitrogens with zero attached hydrogens (tertiary/aromatic N) is 1. The molecular weight excluding hydrogens is 212 g/mol. The fourth-order valence-electron chi connectivity index (χ4n) is 1.63. The molecule has 0 spiro atoms. The van der Waals surface area contributed by atoms with E-state index in [-0.39, 0.29) is 5.91 Å². The molecule has 1 rings (SSSR count). The standard InChI is InChI=1S/C14H18N2O/c1-5-6-7-8-13(17)16-14-10(2)9-11(3)15-12(14)4/h5-9H,1-4H3,(H,16,17)/b6-5+,8-7?. The van der Waals surface area contributed by atoms with Crippen molar-refractivity contribution in [3.05, 3.63) is 47.3 Å². The summed E-state index contributed by atoms with van der Waals surface area (Å²) in [6.45, 7) is 7.70. The molecule has 0 unspecified atom stereocenters. The first-order valence-electron chi connectivity index (χ1n) is 5.59. The van der Waals surface area contributed by atoms with E-state index in [9.17, 15) is 4.79 Å². The number of aromatic nitrogens is 1. The van der Waals surface area contributed by atoms with Crippen LogP contribution in [0.25, 0.3) is 0 Å². The van der Waals surface area contributed by atoms with Crippen LogP contribution in [-0.4, -0.2) is 10.9 Å². The first-order valence-corrected chi connectivity index (χ1v) is 5.59. The lowest BCUT2D eigenvalue weighted by Crippen LogP contribution is -2.11. The Morgan fingerprint density at radius 2 is 2.00 bits per heavy atom. The Hall–Kier alpha value is -1.90. The zero-order chi connectivity index (χ0) is 12.8. The summed E-state index contributed by atoms with van der Waals surface area (Å²) in [5, 5.41) is 2.84. The van der Waals surface area contributed by atoms with E-state index < -0.39 is 0 Å². The van der Waals surface area contributed by atoms with Crippen molar-refractivity contribution in [3.63, 3.8) is 0 Å². The van der Waals surface area contributed by atoms with Gasteiger partial charge >= 0.3 is 0 Å². The van der Waals surface area contributed by atoms with Crippen molar-refractivity contribution in [2.24, 2.45) is 0 Å². The molecule has 1 aromatic heterocycles. The van der Waals surface area contributed by atoms with Gasteiger partial charge in [0, 0.05) is 11.8 Å². The summed E-state index contributed by atoms with van der Waals surface area (Å²) < 4.78 is 0. The smallest absolute Gasteiger partial charge is 0.248 e. The molecule has 0 atom stereocenters. The Morgan fingerprint density at radius 1 is 1.29 bits per heavy atom. The SMILES string of the molecule is C/C=C/C=CC(=O)Nc1c(C)cc(C)nc1C. The van der Waals surface area contributed by atoms with Gasteiger partial charge in [-0.2, -0.15) is 0 Å². The Morgan fingerprint density at radius 3 is 2.59 bits per heavy atom. The summed E-state index contributed by atoms with van der Waals surface area (Å²) in [7, 11) is 0. The molecular formula is C14H18N2O. The van der Waals surface area contributed by atoms with Gasteiger partial charge in [-0.15, -0.1) is 0 Å². The van der Waals surface area contributed by atoms with Crippen LogP contribution >= 0.6 is 0 Å². The minimum atomic E-state index is -0.139. The fraction of sp³-hybridized carbons (Fsp3) is 0.286. The van der Waals surface area contributed by atoms with Crippen LogP contribution < -0.4 is 5.32 Å². The molecule has 0 aliphatic rings. The molecule has 0 saturated carbocycles. The van der Waals surface area contributed by atoms with Crippen LogP contribution in [-0.2, 0) is 4.79 Å². The Labute approximate surface area is 102 Å². The van der Waals surface area contributed by atoms with Crippen LogP contribution in [0.15, 0.2) is 30.4 Å². The quantitative estimate of drug-likeness (QED) is 0.640. The number of nitrogens with one attached hydrogen (secondary N) is 1. The molecule has 1 amide bonds. The Bertz CT molecular complexity index is 450. The minimum absolute atomic E-state index is 0.139. The van der Waals surface area contributed by atoms with Gasteiger partial charge in [-0.25, -0.2) is 0 Å². The van der Waals surface area contributed by atoms with Gasteiger partial charge in [0.2, 0.25) is 5.91 Å². The highest BCUT2D eigenvalue weighted by atomic mass is 16.1. The zero-order valence-electron chi connectivity index (χ0n) is 10.7. The second-order valence-corrected chi connectivity index (χ2v) is 3.92. The molecule has 1 heterocycles. The number of anilines is 1. The number of carbonyl (C=O) groups excluding carboxylic acids is 1. The van der Waals surface area contributed by atoms with Crippen molar-refractivity contribution in [2.75, 3.05) is 5.32 Å². The molecule has 0 aliphatic carbocycles. The van der Waals surface area contributed by atoms with Gasteiger partial charge in [0.05, 0.1) is 11.4 Å². The van der Waals surface area contributed by atoms with E-state index >= 15 is 0 Å². The first kappa shape index (κ1) is 13.2. The van der Waals surface area contributed by atoms with Gasteiger partial charge < -0.3 is 5.32 Å². The van der Waals surface area contributed by atoms with E-state index in [1.807, 2.05) is 45.9 Å². The summed E-state index contributed by atoms with van der Waals surface area (Å²) in [5.41, 5.74) is 3.63. The number of hydrogen-bond donors (Lipinski definition) is 1. The fourth-order valence-corrected chi connectivity index (χ4v) is 1.63. The number of hydrogen-bond acceptors (Lipinski definition) is 2. The lowest BCUT2D eigenvalue weighted by molar-refractivity contribution is -0.111. The monoisotopic (exact) mass is 230 g/mol. The third kappa shape index (κ3) is 3.87. The predicted octanol–water partition coefficient (Wildman–Crippen LogP) is 3.08. The van der Waals surface area contributed by atoms with Crippen molar-refractivity contribution < 1.29 is 4.79 Å². The molecule has 0 aliphatic heterocycles. The van der Waals surface area contributed by atoms with Crippen molar-refractivity contribution in [1.82, 2.24) is 4.98 Å². The highest BCUT2D eigenvalue weighted by Crippen LogP contribution is 2.18. The van der Waals surface area contributed by atoms with E-state index in [0.717, 1.165) is 22.6 Å². The molecule has 0 fully saturated rings. The van der Waals surface area contributed by atoms with Crippen LogP contribution in [0.2, 0.25) is 0 Å². The lowest BCUT2D eigenvalue weighted by atomic mass is 10.1. The number of pyridine rings is 1. The summed E-state index contributed by atoms with van der Waals surface area (Å²) in [6, 6.07) is 1.96. The molecule has 90 valence electrons. The second kappa shape index (κ2) is 5.99. The van der Waals surface area contributed by atoms with Gasteiger partial charge in [0.1, 0.15) is 0 Å². The molecule has 3 heteroatoms. The van der Waals surface area contributed by atoms with Gasteiger partial charge in [0.25, 0.3) is 0 Å². The van der Waals surface area contributed by atoms with Crippen molar-refractivity contribution in [3.8, 4) is 0 Å². The molecule has 0 bridgehead atoms. The van der Waals surface area contributed by atoms with E-state index in [4.69, 9.17) is 0 Å². The summed E-state index contributed by atoms with van der Waals surface area (Å²) in [6.07, 6.45) is 6.89. The van der Waals surface area contributed by atoms with Crippen LogP contribution in [0.4, 0.5) is 5.69 Å². The molecule has 1 aromatic rings. The maximum Gasteiger partial charge on any atom is 0.248 e. The lowest BCUT2D eigenvalue weighted by Gasteiger charge is -2.10. The third-order valence-corrected chi connectivity index (χ3v) is 2.32. The van der Waals surface area contributed by atoms with E-state index in [1.54, 1.807) is 6.08 Å². The van der Waals surface area contributed by atoms with E-state index in [1.165, 1.54) is 6.08 Å². The van der Waals surface area contributed by atoms with Crippen LogP contribution in [0.5, 0.6) is 0 Å². The number of rotatable bonds is 3. The van der Waals surface area contributed by atoms with Crippen molar-refractivity contribution in [2.45, 2.75) is 27.7 Å². The van der Waals surface area contributed by atoms with Gasteiger partial charge in [-0.3, -0.25) is 9.78 Å². The highest BCUT2D eigenvalue weighted by molar-refractivity contribution is 6.00. The maximum atomic E-state index is 11.6. The number of carbonyl (C=O) groups is 1. The van der Waals surface area contributed by atoms with Gasteiger partial charge in [0.15, 0.2) is 0 Å². The highest BCUT2D eigenvalue weighted by Gasteiger charge is 2.06. The largest absolute Gasteiger partial charge is 0.321 e. The summed E-state index contributed by atoms with van der Waals surface area (Å²) in [4.78, 5) is 15.9. The molecule has 1 N–H and O–H groups in total. The topological polar surface area (TPSA) is 42.0 Å². The zero-order valence-corrected chi connectivity index (χ0v) is 10.7.